The van der Waals surface area contributed by atoms with Gasteiger partial charge in [-0.1, -0.05) is 55.1 Å². The largest absolute Gasteiger partial charge is 0.497 e. The number of benzene rings is 3. The molecule has 3 aromatic rings. The second-order valence-electron chi connectivity index (χ2n) is 11.0. The predicted molar refractivity (Wildman–Crippen MR) is 172 cm³/mol. The summed E-state index contributed by atoms with van der Waals surface area (Å²) in [7, 11) is -3.05. The van der Waals surface area contributed by atoms with Gasteiger partial charge >= 0.3 is 0 Å². The monoisotopic (exact) mass is 656 g/mol. The summed E-state index contributed by atoms with van der Waals surface area (Å²) in [5.74, 6) is -0.556. The summed E-state index contributed by atoms with van der Waals surface area (Å²) in [5, 5.41) is 15.1. The van der Waals surface area contributed by atoms with Crippen LogP contribution in [-0.4, -0.2) is 55.8 Å². The van der Waals surface area contributed by atoms with Crippen molar-refractivity contribution in [1.82, 2.24) is 10.2 Å². The summed E-state index contributed by atoms with van der Waals surface area (Å²) in [5.41, 5.74) is 0.627. The fraction of sp³-hybridized carbons (Fsp3) is 0.375. The van der Waals surface area contributed by atoms with Crippen LogP contribution in [0.5, 0.6) is 5.75 Å². The quantitative estimate of drug-likeness (QED) is 0.197. The Morgan fingerprint density at radius 2 is 1.73 bits per heavy atom. The van der Waals surface area contributed by atoms with E-state index in [9.17, 15) is 28.1 Å². The third-order valence-corrected chi connectivity index (χ3v) is 10.2. The van der Waals surface area contributed by atoms with Crippen molar-refractivity contribution in [2.75, 3.05) is 18.0 Å². The van der Waals surface area contributed by atoms with Crippen LogP contribution in [0, 0.1) is 17.0 Å². The minimum absolute atomic E-state index is 0.000492. The van der Waals surface area contributed by atoms with Gasteiger partial charge in [0.1, 0.15) is 18.3 Å². The van der Waals surface area contributed by atoms with Gasteiger partial charge in [0.05, 0.1) is 22.6 Å². The van der Waals surface area contributed by atoms with E-state index in [0.717, 1.165) is 42.5 Å². The van der Waals surface area contributed by atoms with Gasteiger partial charge in [-0.05, 0) is 68.7 Å². The fourth-order valence-electron chi connectivity index (χ4n) is 5.31. The predicted octanol–water partition coefficient (Wildman–Crippen LogP) is 5.63. The number of carbonyl (C=O) groups excluding carboxylic acids is 2. The summed E-state index contributed by atoms with van der Waals surface area (Å²) in [6, 6.07) is 15.6. The van der Waals surface area contributed by atoms with Gasteiger partial charge in [0.15, 0.2) is 0 Å². The summed E-state index contributed by atoms with van der Waals surface area (Å²) in [4.78, 5) is 39.6. The van der Waals surface area contributed by atoms with Gasteiger partial charge in [-0.3, -0.25) is 24.0 Å². The Morgan fingerprint density at radius 1 is 1.07 bits per heavy atom. The lowest BCUT2D eigenvalue weighted by molar-refractivity contribution is -0.385. The Morgan fingerprint density at radius 3 is 2.36 bits per heavy atom. The second-order valence-corrected chi connectivity index (χ2v) is 13.3. The summed E-state index contributed by atoms with van der Waals surface area (Å²) in [6.07, 6.45) is 4.83. The van der Waals surface area contributed by atoms with Gasteiger partial charge in [-0.25, -0.2) is 8.42 Å². The first-order chi connectivity index (χ1) is 21.4. The number of nitrogens with zero attached hydrogens (tertiary/aromatic N) is 3. The first-order valence-corrected chi connectivity index (χ1v) is 16.5. The van der Waals surface area contributed by atoms with Crippen LogP contribution < -0.4 is 14.4 Å². The van der Waals surface area contributed by atoms with Crippen molar-refractivity contribution in [3.8, 4) is 5.75 Å². The number of hydrogen-bond acceptors (Lipinski definition) is 7. The van der Waals surface area contributed by atoms with E-state index in [1.807, 2.05) is 0 Å². The number of ether oxygens (including phenoxy) is 1. The van der Waals surface area contributed by atoms with Crippen LogP contribution in [-0.2, 0) is 26.2 Å². The van der Waals surface area contributed by atoms with Crippen LogP contribution in [0.3, 0.4) is 0 Å². The first kappa shape index (κ1) is 33.7. The Labute approximate surface area is 268 Å². The van der Waals surface area contributed by atoms with Crippen LogP contribution in [0.2, 0.25) is 5.02 Å². The number of rotatable bonds is 12. The molecule has 0 bridgehead atoms. The first-order valence-electron chi connectivity index (χ1n) is 14.7. The van der Waals surface area contributed by atoms with Crippen LogP contribution in [0.25, 0.3) is 0 Å². The molecule has 0 radical (unpaired) electrons. The topological polar surface area (TPSA) is 139 Å². The normalized spacial score (nSPS) is 14.3. The molecule has 4 rings (SSSR count). The molecule has 1 aliphatic rings. The van der Waals surface area contributed by atoms with E-state index < -0.39 is 33.4 Å². The van der Waals surface area contributed by atoms with Gasteiger partial charge in [0.25, 0.3) is 15.7 Å². The molecule has 2 amide bonds. The van der Waals surface area contributed by atoms with E-state index in [2.05, 4.69) is 5.32 Å². The lowest BCUT2D eigenvalue weighted by Gasteiger charge is -2.33. The molecule has 11 nitrogen and oxygen atoms in total. The molecule has 1 fully saturated rings. The highest BCUT2D eigenvalue weighted by Crippen LogP contribution is 2.30. The van der Waals surface area contributed by atoms with Gasteiger partial charge in [0, 0.05) is 29.2 Å². The zero-order valence-electron chi connectivity index (χ0n) is 25.4. The van der Waals surface area contributed by atoms with E-state index in [1.165, 1.54) is 43.2 Å². The lowest BCUT2D eigenvalue weighted by atomic mass is 9.95. The standard InChI is InChI=1S/C32H37ClN4O7S/c1-22-13-18-28(19-30(22)37(40)41)45(42,43)36(26-14-16-27(44-3)17-15-26)21-31(38)35(20-24-9-7-8-12-29(24)33)23(2)32(39)34-25-10-5-4-6-11-25/h7-9,12-19,23,25H,4-6,10-11,20-21H2,1-3H3,(H,34,39)/t23-/m1/s1. The maximum atomic E-state index is 14.2. The maximum Gasteiger partial charge on any atom is 0.273 e. The number of sulfonamides is 1. The van der Waals surface area contributed by atoms with Crippen molar-refractivity contribution < 1.29 is 27.7 Å². The number of amides is 2. The molecule has 0 unspecified atom stereocenters. The smallest absolute Gasteiger partial charge is 0.273 e. The SMILES string of the molecule is COc1ccc(N(CC(=O)N(Cc2ccccc2Cl)[C@H](C)C(=O)NC2CCCCC2)S(=O)(=O)c2ccc(C)c([N+](=O)[O-])c2)cc1. The van der Waals surface area contributed by atoms with Crippen molar-refractivity contribution in [1.29, 1.82) is 0 Å². The molecule has 1 N–H and O–H groups in total. The molecule has 1 atom stereocenters. The van der Waals surface area contributed by atoms with E-state index in [4.69, 9.17) is 16.3 Å². The number of nitro groups is 1. The molecule has 0 aromatic heterocycles. The number of nitro benzene ring substituents is 1. The van der Waals surface area contributed by atoms with Crippen molar-refractivity contribution in [3.63, 3.8) is 0 Å². The number of carbonyl (C=O) groups is 2. The molecule has 0 aliphatic heterocycles. The van der Waals surface area contributed by atoms with Crippen molar-refractivity contribution >= 4 is 44.8 Å². The van der Waals surface area contributed by atoms with E-state index >= 15 is 0 Å². The number of halogens is 1. The van der Waals surface area contributed by atoms with Gasteiger partial charge in [0.2, 0.25) is 11.8 Å². The van der Waals surface area contributed by atoms with Gasteiger partial charge in [-0.15, -0.1) is 0 Å². The van der Waals surface area contributed by atoms with Crippen LogP contribution in [0.4, 0.5) is 11.4 Å². The molecule has 45 heavy (non-hydrogen) atoms. The minimum atomic E-state index is -4.51. The Hall–Kier alpha value is -4.16. The zero-order valence-corrected chi connectivity index (χ0v) is 27.0. The molecule has 240 valence electrons. The third-order valence-electron chi connectivity index (χ3n) is 8.02. The minimum Gasteiger partial charge on any atom is -0.497 e. The highest BCUT2D eigenvalue weighted by atomic mass is 35.5. The Kier molecular flexibility index (Phi) is 11.1. The molecule has 1 aliphatic carbocycles. The molecule has 13 heteroatoms. The number of anilines is 1. The molecule has 0 saturated heterocycles. The summed E-state index contributed by atoms with van der Waals surface area (Å²) < 4.78 is 34.3. The molecule has 0 spiro atoms. The van der Waals surface area contributed by atoms with Gasteiger partial charge < -0.3 is 15.0 Å². The molecule has 3 aromatic carbocycles. The maximum absolute atomic E-state index is 14.2. The van der Waals surface area contributed by atoms with Crippen molar-refractivity contribution in [2.24, 2.45) is 0 Å². The highest BCUT2D eigenvalue weighted by molar-refractivity contribution is 7.92. The molecular weight excluding hydrogens is 620 g/mol. The Bertz CT molecular complexity index is 1640. The summed E-state index contributed by atoms with van der Waals surface area (Å²) in [6.45, 7) is 2.36. The van der Waals surface area contributed by atoms with Crippen molar-refractivity contribution in [3.05, 3.63) is 93.0 Å². The average Bonchev–Trinajstić information content (AvgIpc) is 3.03. The number of hydrogen-bond donors (Lipinski definition) is 1. The lowest BCUT2D eigenvalue weighted by Crippen LogP contribution is -2.53. The average molecular weight is 657 g/mol. The molecule has 1 saturated carbocycles. The van der Waals surface area contributed by atoms with E-state index in [-0.39, 0.29) is 40.3 Å². The third kappa shape index (κ3) is 8.12. The molecule has 0 heterocycles. The molecular formula is C32H37ClN4O7S. The summed E-state index contributed by atoms with van der Waals surface area (Å²) >= 11 is 6.44. The van der Waals surface area contributed by atoms with Crippen LogP contribution in [0.15, 0.2) is 71.6 Å². The fourth-order valence-corrected chi connectivity index (χ4v) is 6.94. The number of methoxy groups -OCH3 is 1. The Balaban J connectivity index is 1.73. The van der Waals surface area contributed by atoms with Gasteiger partial charge in [-0.2, -0.15) is 0 Å². The number of aryl methyl sites for hydroxylation is 1. The van der Waals surface area contributed by atoms with Crippen LogP contribution in [0.1, 0.15) is 50.2 Å². The van der Waals surface area contributed by atoms with Crippen LogP contribution >= 0.6 is 11.6 Å². The van der Waals surface area contributed by atoms with E-state index in [0.29, 0.717) is 16.3 Å². The van der Waals surface area contributed by atoms with E-state index in [1.54, 1.807) is 43.3 Å². The zero-order chi connectivity index (χ0) is 32.7. The second kappa shape index (κ2) is 14.7. The van der Waals surface area contributed by atoms with Crippen molar-refractivity contribution in [2.45, 2.75) is 69.5 Å². The number of nitrogens with one attached hydrogen (secondary N) is 1. The highest BCUT2D eigenvalue weighted by Gasteiger charge is 2.34.